The lowest BCUT2D eigenvalue weighted by Crippen LogP contribution is -2.01. The molecule has 1 aromatic rings. The van der Waals surface area contributed by atoms with Crippen molar-refractivity contribution in [2.24, 2.45) is 0 Å². The highest BCUT2D eigenvalue weighted by Crippen LogP contribution is 2.30. The lowest BCUT2D eigenvalue weighted by molar-refractivity contribution is 0.107. The minimum absolute atomic E-state index is 0.491. The molecule has 1 nitrogen and oxygen atoms in total. The number of ether oxygens (including phenoxy) is 1. The molecule has 1 fully saturated rings. The van der Waals surface area contributed by atoms with Crippen LogP contribution in [0.15, 0.2) is 30.3 Å². The SMILES string of the molecule is CC[C@@H]1C[C@@H](c2ccccc2)CO1. The van der Waals surface area contributed by atoms with Crippen molar-refractivity contribution in [1.82, 2.24) is 0 Å². The zero-order chi connectivity index (χ0) is 9.10. The Hall–Kier alpha value is -0.820. The molecule has 1 heterocycles. The lowest BCUT2D eigenvalue weighted by Gasteiger charge is -2.07. The van der Waals surface area contributed by atoms with Crippen molar-refractivity contribution in [3.05, 3.63) is 35.9 Å². The smallest absolute Gasteiger partial charge is 0.0579 e. The second-order valence-corrected chi connectivity index (χ2v) is 3.71. The predicted octanol–water partition coefficient (Wildman–Crippen LogP) is 2.97. The first-order chi connectivity index (χ1) is 6.40. The summed E-state index contributed by atoms with van der Waals surface area (Å²) in [4.78, 5) is 0. The third-order valence-corrected chi connectivity index (χ3v) is 2.81. The Morgan fingerprint density at radius 2 is 2.08 bits per heavy atom. The summed E-state index contributed by atoms with van der Waals surface area (Å²) in [6.45, 7) is 3.10. The second kappa shape index (κ2) is 3.93. The van der Waals surface area contributed by atoms with Gasteiger partial charge in [0.2, 0.25) is 0 Å². The minimum Gasteiger partial charge on any atom is -0.378 e. The number of hydrogen-bond acceptors (Lipinski definition) is 1. The molecule has 0 spiro atoms. The summed E-state index contributed by atoms with van der Waals surface area (Å²) in [7, 11) is 0. The molecule has 0 saturated carbocycles. The quantitative estimate of drug-likeness (QED) is 0.673. The maximum atomic E-state index is 5.67. The van der Waals surface area contributed by atoms with E-state index < -0.39 is 0 Å². The van der Waals surface area contributed by atoms with Crippen molar-refractivity contribution >= 4 is 0 Å². The van der Waals surface area contributed by atoms with Crippen LogP contribution < -0.4 is 0 Å². The first-order valence-electron chi connectivity index (χ1n) is 5.06. The van der Waals surface area contributed by atoms with Gasteiger partial charge in [-0.3, -0.25) is 0 Å². The molecule has 1 aliphatic heterocycles. The van der Waals surface area contributed by atoms with Crippen LogP contribution in [-0.2, 0) is 4.74 Å². The molecule has 13 heavy (non-hydrogen) atoms. The van der Waals surface area contributed by atoms with E-state index in [0.717, 1.165) is 13.0 Å². The van der Waals surface area contributed by atoms with E-state index in [1.54, 1.807) is 0 Å². The van der Waals surface area contributed by atoms with Crippen LogP contribution in [0.1, 0.15) is 31.2 Å². The van der Waals surface area contributed by atoms with Crippen LogP contribution in [0.25, 0.3) is 0 Å². The molecule has 2 rings (SSSR count). The molecule has 2 atom stereocenters. The Balaban J connectivity index is 2.04. The maximum absolute atomic E-state index is 5.67. The molecule has 0 unspecified atom stereocenters. The highest BCUT2D eigenvalue weighted by molar-refractivity contribution is 5.20. The number of rotatable bonds is 2. The van der Waals surface area contributed by atoms with Crippen molar-refractivity contribution in [3.8, 4) is 0 Å². The molecule has 1 aromatic carbocycles. The normalized spacial score (nSPS) is 27.8. The zero-order valence-electron chi connectivity index (χ0n) is 8.07. The molecule has 0 aliphatic carbocycles. The number of hydrogen-bond donors (Lipinski definition) is 0. The van der Waals surface area contributed by atoms with Gasteiger partial charge >= 0.3 is 0 Å². The van der Waals surface area contributed by atoms with E-state index in [2.05, 4.69) is 37.3 Å². The van der Waals surface area contributed by atoms with Crippen LogP contribution in [0.3, 0.4) is 0 Å². The molecule has 0 radical (unpaired) electrons. The second-order valence-electron chi connectivity index (χ2n) is 3.71. The summed E-state index contributed by atoms with van der Waals surface area (Å²) < 4.78 is 5.67. The van der Waals surface area contributed by atoms with Gasteiger partial charge in [0.25, 0.3) is 0 Å². The molecule has 0 aromatic heterocycles. The first kappa shape index (κ1) is 8.76. The standard InChI is InChI=1S/C12H16O/c1-2-12-8-11(9-13-12)10-6-4-3-5-7-10/h3-7,11-12H,2,8-9H2,1H3/t11-,12-/m1/s1. The monoisotopic (exact) mass is 176 g/mol. The summed E-state index contributed by atoms with van der Waals surface area (Å²) in [6, 6.07) is 10.7. The topological polar surface area (TPSA) is 9.23 Å². The Bertz CT molecular complexity index is 255. The van der Waals surface area contributed by atoms with E-state index >= 15 is 0 Å². The predicted molar refractivity (Wildman–Crippen MR) is 53.8 cm³/mol. The molecule has 1 saturated heterocycles. The Morgan fingerprint density at radius 3 is 2.69 bits per heavy atom. The molecular formula is C12H16O. The van der Waals surface area contributed by atoms with Crippen molar-refractivity contribution < 1.29 is 4.74 Å². The average molecular weight is 176 g/mol. The molecule has 1 heteroatoms. The van der Waals surface area contributed by atoms with Crippen molar-refractivity contribution in [1.29, 1.82) is 0 Å². The van der Waals surface area contributed by atoms with Gasteiger partial charge in [-0.25, -0.2) is 0 Å². The van der Waals surface area contributed by atoms with Crippen LogP contribution in [0, 0.1) is 0 Å². The maximum Gasteiger partial charge on any atom is 0.0579 e. The number of benzene rings is 1. The van der Waals surface area contributed by atoms with Crippen LogP contribution >= 0.6 is 0 Å². The van der Waals surface area contributed by atoms with Gasteiger partial charge in [-0.15, -0.1) is 0 Å². The molecule has 0 amide bonds. The van der Waals surface area contributed by atoms with Gasteiger partial charge in [0.1, 0.15) is 0 Å². The highest BCUT2D eigenvalue weighted by atomic mass is 16.5. The van der Waals surface area contributed by atoms with Gasteiger partial charge in [0, 0.05) is 5.92 Å². The van der Waals surface area contributed by atoms with E-state index in [1.165, 1.54) is 12.0 Å². The van der Waals surface area contributed by atoms with Gasteiger partial charge in [-0.1, -0.05) is 37.3 Å². The Morgan fingerprint density at radius 1 is 1.31 bits per heavy atom. The van der Waals surface area contributed by atoms with E-state index in [0.29, 0.717) is 12.0 Å². The van der Waals surface area contributed by atoms with Crippen molar-refractivity contribution in [3.63, 3.8) is 0 Å². The van der Waals surface area contributed by atoms with Gasteiger partial charge < -0.3 is 4.74 Å². The minimum atomic E-state index is 0.491. The van der Waals surface area contributed by atoms with Gasteiger partial charge in [-0.05, 0) is 18.4 Å². The summed E-state index contributed by atoms with van der Waals surface area (Å²) in [5.74, 6) is 0.631. The third-order valence-electron chi connectivity index (χ3n) is 2.81. The summed E-state index contributed by atoms with van der Waals surface area (Å²) >= 11 is 0. The van der Waals surface area contributed by atoms with Crippen LogP contribution in [0.5, 0.6) is 0 Å². The van der Waals surface area contributed by atoms with Gasteiger partial charge in [0.05, 0.1) is 12.7 Å². The van der Waals surface area contributed by atoms with Gasteiger partial charge in [-0.2, -0.15) is 0 Å². The average Bonchev–Trinajstić information content (AvgIpc) is 2.67. The van der Waals surface area contributed by atoms with E-state index in [9.17, 15) is 0 Å². The van der Waals surface area contributed by atoms with Crippen LogP contribution in [0.2, 0.25) is 0 Å². The molecule has 0 N–H and O–H groups in total. The van der Waals surface area contributed by atoms with Crippen molar-refractivity contribution in [2.45, 2.75) is 31.8 Å². The van der Waals surface area contributed by atoms with E-state index in [-0.39, 0.29) is 0 Å². The fraction of sp³-hybridized carbons (Fsp3) is 0.500. The fourth-order valence-corrected chi connectivity index (χ4v) is 1.95. The lowest BCUT2D eigenvalue weighted by atomic mass is 9.96. The van der Waals surface area contributed by atoms with E-state index in [4.69, 9.17) is 4.74 Å². The summed E-state index contributed by atoms with van der Waals surface area (Å²) in [5.41, 5.74) is 1.43. The largest absolute Gasteiger partial charge is 0.378 e. The first-order valence-corrected chi connectivity index (χ1v) is 5.06. The van der Waals surface area contributed by atoms with Crippen molar-refractivity contribution in [2.75, 3.05) is 6.61 Å². The molecular weight excluding hydrogens is 160 g/mol. The van der Waals surface area contributed by atoms with Crippen LogP contribution in [0.4, 0.5) is 0 Å². The molecule has 70 valence electrons. The van der Waals surface area contributed by atoms with Crippen LogP contribution in [-0.4, -0.2) is 12.7 Å². The summed E-state index contributed by atoms with van der Waals surface area (Å²) in [5, 5.41) is 0. The summed E-state index contributed by atoms with van der Waals surface area (Å²) in [6.07, 6.45) is 2.83. The highest BCUT2D eigenvalue weighted by Gasteiger charge is 2.24. The molecule has 0 bridgehead atoms. The Kier molecular flexibility index (Phi) is 2.65. The third kappa shape index (κ3) is 1.92. The zero-order valence-corrected chi connectivity index (χ0v) is 8.07. The fourth-order valence-electron chi connectivity index (χ4n) is 1.95. The van der Waals surface area contributed by atoms with E-state index in [1.807, 2.05) is 0 Å². The Labute approximate surface area is 79.7 Å². The molecule has 1 aliphatic rings. The van der Waals surface area contributed by atoms with Gasteiger partial charge in [0.15, 0.2) is 0 Å².